The number of amides is 1. The van der Waals surface area contributed by atoms with Gasteiger partial charge in [0.2, 0.25) is 0 Å². The molecule has 6 nitrogen and oxygen atoms in total. The molecular weight excluding hydrogens is 404 g/mol. The Hall–Kier alpha value is -2.60. The van der Waals surface area contributed by atoms with E-state index < -0.39 is 12.0 Å². The maximum Gasteiger partial charge on any atom is 0.354 e. The molecule has 0 saturated carbocycles. The van der Waals surface area contributed by atoms with Crippen LogP contribution in [-0.4, -0.2) is 46.3 Å². The van der Waals surface area contributed by atoms with E-state index in [1.165, 1.54) is 7.11 Å². The van der Waals surface area contributed by atoms with Crippen LogP contribution in [0.15, 0.2) is 24.3 Å². The Bertz CT molecular complexity index is 961. The van der Waals surface area contributed by atoms with Crippen LogP contribution in [0.25, 0.3) is 0 Å². The van der Waals surface area contributed by atoms with Gasteiger partial charge in [0.05, 0.1) is 13.2 Å². The van der Waals surface area contributed by atoms with Crippen LogP contribution in [0.5, 0.6) is 0 Å². The molecule has 0 aliphatic rings. The maximum atomic E-state index is 13.5. The molecule has 0 bridgehead atoms. The van der Waals surface area contributed by atoms with E-state index in [4.69, 9.17) is 16.3 Å². The van der Waals surface area contributed by atoms with Crippen molar-refractivity contribution in [3.8, 4) is 0 Å². The lowest BCUT2D eigenvalue weighted by molar-refractivity contribution is 0.0565. The van der Waals surface area contributed by atoms with Crippen LogP contribution in [-0.2, 0) is 11.3 Å². The second-order valence-electron chi connectivity index (χ2n) is 7.52. The van der Waals surface area contributed by atoms with Gasteiger partial charge in [0.25, 0.3) is 5.91 Å². The van der Waals surface area contributed by atoms with Crippen LogP contribution in [0.1, 0.15) is 70.2 Å². The van der Waals surface area contributed by atoms with Crippen LogP contribution in [0.4, 0.5) is 0 Å². The van der Waals surface area contributed by atoms with Crippen LogP contribution in [0.2, 0.25) is 5.02 Å². The van der Waals surface area contributed by atoms with Gasteiger partial charge in [-0.05, 0) is 71.4 Å². The van der Waals surface area contributed by atoms with Gasteiger partial charge in [0.15, 0.2) is 5.78 Å². The zero-order valence-electron chi connectivity index (χ0n) is 18.6. The van der Waals surface area contributed by atoms with E-state index in [0.717, 1.165) is 0 Å². The number of hydrogen-bond donors (Lipinski definition) is 0. The van der Waals surface area contributed by atoms with Crippen molar-refractivity contribution in [2.45, 2.75) is 60.2 Å². The first-order valence-corrected chi connectivity index (χ1v) is 10.3. The smallest absolute Gasteiger partial charge is 0.354 e. The SMILES string of the molecule is CCn1c(C)c(C(=O)[C@@H](C)N(C(=O)c2ccc(Cl)cc2)C(C)C)c(C)c1C(=O)OC. The molecule has 2 rings (SSSR count). The summed E-state index contributed by atoms with van der Waals surface area (Å²) in [6.07, 6.45) is 0. The van der Waals surface area contributed by atoms with Gasteiger partial charge in [-0.3, -0.25) is 9.59 Å². The van der Waals surface area contributed by atoms with Gasteiger partial charge >= 0.3 is 5.97 Å². The third-order valence-corrected chi connectivity index (χ3v) is 5.64. The molecule has 1 aromatic carbocycles. The van der Waals surface area contributed by atoms with E-state index >= 15 is 0 Å². The minimum absolute atomic E-state index is 0.207. The number of benzene rings is 1. The molecule has 2 aromatic rings. The van der Waals surface area contributed by atoms with Crippen molar-refractivity contribution in [3.05, 3.63) is 57.4 Å². The lowest BCUT2D eigenvalue weighted by Gasteiger charge is -2.32. The van der Waals surface area contributed by atoms with Gasteiger partial charge < -0.3 is 14.2 Å². The standard InChI is InChI=1S/C23H29ClN2O4/c1-8-25-15(5)19(14(4)20(25)23(29)30-7)21(27)16(6)26(13(2)3)22(28)17-9-11-18(24)12-10-17/h9-13,16H,8H2,1-7H3/t16-/m1/s1. The number of halogens is 1. The molecule has 0 N–H and O–H groups in total. The van der Waals surface area contributed by atoms with Gasteiger partial charge in [0.1, 0.15) is 5.69 Å². The van der Waals surface area contributed by atoms with Crippen molar-refractivity contribution >= 4 is 29.3 Å². The molecule has 0 saturated heterocycles. The van der Waals surface area contributed by atoms with Crippen molar-refractivity contribution in [1.29, 1.82) is 0 Å². The summed E-state index contributed by atoms with van der Waals surface area (Å²) in [6.45, 7) is 11.4. The normalized spacial score (nSPS) is 12.0. The molecule has 1 amide bonds. The minimum Gasteiger partial charge on any atom is -0.464 e. The largest absolute Gasteiger partial charge is 0.464 e. The molecule has 0 unspecified atom stereocenters. The fourth-order valence-electron chi connectivity index (χ4n) is 3.95. The number of aromatic nitrogens is 1. The number of ketones is 1. The average molecular weight is 433 g/mol. The number of methoxy groups -OCH3 is 1. The Balaban J connectivity index is 2.50. The molecule has 0 spiro atoms. The highest BCUT2D eigenvalue weighted by Gasteiger charge is 2.34. The van der Waals surface area contributed by atoms with Crippen LogP contribution in [0, 0.1) is 13.8 Å². The summed E-state index contributed by atoms with van der Waals surface area (Å²) in [5.74, 6) is -0.943. The van der Waals surface area contributed by atoms with Crippen molar-refractivity contribution < 1.29 is 19.1 Å². The number of Topliss-reactive ketones (excluding diaryl/α,β-unsaturated/α-hetero) is 1. The zero-order valence-corrected chi connectivity index (χ0v) is 19.3. The third-order valence-electron chi connectivity index (χ3n) is 5.39. The first-order chi connectivity index (χ1) is 14.1. The Kier molecular flexibility index (Phi) is 7.48. The molecule has 0 radical (unpaired) electrons. The average Bonchev–Trinajstić information content (AvgIpc) is 2.96. The summed E-state index contributed by atoms with van der Waals surface area (Å²) in [7, 11) is 1.32. The second-order valence-corrected chi connectivity index (χ2v) is 7.96. The summed E-state index contributed by atoms with van der Waals surface area (Å²) >= 11 is 5.94. The van der Waals surface area contributed by atoms with Gasteiger partial charge in [-0.1, -0.05) is 11.6 Å². The van der Waals surface area contributed by atoms with Crippen LogP contribution < -0.4 is 0 Å². The Labute approximate surface area is 182 Å². The number of carbonyl (C=O) groups excluding carboxylic acids is 3. The van der Waals surface area contributed by atoms with E-state index in [1.54, 1.807) is 47.6 Å². The van der Waals surface area contributed by atoms with Gasteiger partial charge in [-0.25, -0.2) is 4.79 Å². The predicted octanol–water partition coefficient (Wildman–Crippen LogP) is 4.69. The minimum atomic E-state index is -0.719. The first kappa shape index (κ1) is 23.7. The van der Waals surface area contributed by atoms with Crippen molar-refractivity contribution in [2.75, 3.05) is 7.11 Å². The molecular formula is C23H29ClN2O4. The molecule has 30 heavy (non-hydrogen) atoms. The molecule has 162 valence electrons. The number of carbonyl (C=O) groups is 3. The lowest BCUT2D eigenvalue weighted by Crippen LogP contribution is -2.47. The Morgan fingerprint density at radius 2 is 1.67 bits per heavy atom. The van der Waals surface area contributed by atoms with E-state index in [1.807, 2.05) is 27.7 Å². The van der Waals surface area contributed by atoms with E-state index in [2.05, 4.69) is 0 Å². The topological polar surface area (TPSA) is 68.6 Å². The molecule has 1 heterocycles. The fraction of sp³-hybridized carbons (Fsp3) is 0.435. The highest BCUT2D eigenvalue weighted by molar-refractivity contribution is 6.30. The number of ether oxygens (including phenoxy) is 1. The molecule has 7 heteroatoms. The van der Waals surface area contributed by atoms with Crippen molar-refractivity contribution in [3.63, 3.8) is 0 Å². The summed E-state index contributed by atoms with van der Waals surface area (Å²) in [5.41, 5.74) is 2.55. The molecule has 0 aliphatic carbocycles. The van der Waals surface area contributed by atoms with E-state index in [0.29, 0.717) is 39.6 Å². The summed E-state index contributed by atoms with van der Waals surface area (Å²) in [5, 5.41) is 0.536. The van der Waals surface area contributed by atoms with Crippen LogP contribution in [0.3, 0.4) is 0 Å². The molecule has 1 atom stereocenters. The predicted molar refractivity (Wildman–Crippen MR) is 117 cm³/mol. The maximum absolute atomic E-state index is 13.5. The first-order valence-electron chi connectivity index (χ1n) is 9.97. The van der Waals surface area contributed by atoms with Crippen molar-refractivity contribution in [2.24, 2.45) is 0 Å². The molecule has 1 aromatic heterocycles. The van der Waals surface area contributed by atoms with E-state index in [-0.39, 0.29) is 17.7 Å². The van der Waals surface area contributed by atoms with Gasteiger partial charge in [0, 0.05) is 34.4 Å². The van der Waals surface area contributed by atoms with E-state index in [9.17, 15) is 14.4 Å². The number of rotatable bonds is 7. The van der Waals surface area contributed by atoms with Crippen LogP contribution >= 0.6 is 11.6 Å². The Morgan fingerprint density at radius 3 is 2.13 bits per heavy atom. The second kappa shape index (κ2) is 9.47. The number of nitrogens with zero attached hydrogens (tertiary/aromatic N) is 2. The molecule has 0 fully saturated rings. The highest BCUT2D eigenvalue weighted by Crippen LogP contribution is 2.27. The van der Waals surface area contributed by atoms with Crippen molar-refractivity contribution in [1.82, 2.24) is 9.47 Å². The summed E-state index contributed by atoms with van der Waals surface area (Å²) in [6, 6.07) is 5.67. The highest BCUT2D eigenvalue weighted by atomic mass is 35.5. The van der Waals surface area contributed by atoms with Gasteiger partial charge in [-0.2, -0.15) is 0 Å². The Morgan fingerprint density at radius 1 is 1.10 bits per heavy atom. The third kappa shape index (κ3) is 4.29. The fourth-order valence-corrected chi connectivity index (χ4v) is 4.07. The summed E-state index contributed by atoms with van der Waals surface area (Å²) in [4.78, 5) is 40.6. The monoisotopic (exact) mass is 432 g/mol. The summed E-state index contributed by atoms with van der Waals surface area (Å²) < 4.78 is 6.69. The molecule has 0 aliphatic heterocycles. The zero-order chi connectivity index (χ0) is 22.7. The quantitative estimate of drug-likeness (QED) is 0.470. The van der Waals surface area contributed by atoms with Gasteiger partial charge in [-0.15, -0.1) is 0 Å². The lowest BCUT2D eigenvalue weighted by atomic mass is 9.98. The number of hydrogen-bond acceptors (Lipinski definition) is 4. The number of esters is 1.